The molecule has 1 aliphatic carbocycles. The molecule has 0 unspecified atom stereocenters. The van der Waals surface area contributed by atoms with Gasteiger partial charge in [0.2, 0.25) is 0 Å². The number of anilines is 1. The van der Waals surface area contributed by atoms with E-state index in [1.54, 1.807) is 11.3 Å². The normalized spacial score (nSPS) is 22.1. The Hall–Kier alpha value is -2.39. The fourth-order valence-corrected chi connectivity index (χ4v) is 5.44. The number of Topliss-reactive ketones (excluding diaryl/α,β-unsaturated/α-hetero) is 1. The highest BCUT2D eigenvalue weighted by Gasteiger charge is 2.41. The summed E-state index contributed by atoms with van der Waals surface area (Å²) < 4.78 is 0. The van der Waals surface area contributed by atoms with Crippen molar-refractivity contribution in [2.24, 2.45) is 5.92 Å². The number of ketones is 1. The van der Waals surface area contributed by atoms with E-state index < -0.39 is 0 Å². The van der Waals surface area contributed by atoms with Crippen LogP contribution in [0.2, 0.25) is 0 Å². The molecule has 0 spiro atoms. The minimum absolute atomic E-state index is 0.0793. The SMILES string of the molecule is Cc1ccsc1[C@@H]1c2c(ccc3ccccc23)NC2=CCCC(=O)[C@H]21. The summed E-state index contributed by atoms with van der Waals surface area (Å²) in [6, 6.07) is 15.0. The Morgan fingerprint density at radius 3 is 2.80 bits per heavy atom. The highest BCUT2D eigenvalue weighted by molar-refractivity contribution is 7.10. The van der Waals surface area contributed by atoms with Crippen LogP contribution >= 0.6 is 11.3 Å². The lowest BCUT2D eigenvalue weighted by molar-refractivity contribution is -0.122. The van der Waals surface area contributed by atoms with Crippen molar-refractivity contribution in [3.63, 3.8) is 0 Å². The van der Waals surface area contributed by atoms with Crippen LogP contribution in [0, 0.1) is 12.8 Å². The Kier molecular flexibility index (Phi) is 3.32. The van der Waals surface area contributed by atoms with Gasteiger partial charge >= 0.3 is 0 Å². The topological polar surface area (TPSA) is 29.1 Å². The maximum Gasteiger partial charge on any atom is 0.143 e. The van der Waals surface area contributed by atoms with Crippen molar-refractivity contribution in [1.29, 1.82) is 0 Å². The van der Waals surface area contributed by atoms with Gasteiger partial charge in [-0.15, -0.1) is 11.3 Å². The van der Waals surface area contributed by atoms with Crippen LogP contribution in [0.5, 0.6) is 0 Å². The third-order valence-electron chi connectivity index (χ3n) is 5.52. The minimum Gasteiger partial charge on any atom is -0.358 e. The maximum atomic E-state index is 12.9. The number of rotatable bonds is 1. The Morgan fingerprint density at radius 2 is 1.96 bits per heavy atom. The monoisotopic (exact) mass is 345 g/mol. The molecule has 3 heteroatoms. The average molecular weight is 345 g/mol. The summed E-state index contributed by atoms with van der Waals surface area (Å²) in [5, 5.41) is 8.21. The Balaban J connectivity index is 1.86. The molecule has 2 atom stereocenters. The lowest BCUT2D eigenvalue weighted by atomic mass is 9.72. The maximum absolute atomic E-state index is 12.9. The van der Waals surface area contributed by atoms with Gasteiger partial charge in [-0.25, -0.2) is 0 Å². The van der Waals surface area contributed by atoms with Gasteiger partial charge in [0.25, 0.3) is 0 Å². The summed E-state index contributed by atoms with van der Waals surface area (Å²) in [6.07, 6.45) is 3.72. The molecule has 2 aromatic carbocycles. The van der Waals surface area contributed by atoms with Gasteiger partial charge in [-0.2, -0.15) is 0 Å². The summed E-state index contributed by atoms with van der Waals surface area (Å²) >= 11 is 1.78. The van der Waals surface area contributed by atoms with E-state index in [1.807, 2.05) is 0 Å². The van der Waals surface area contributed by atoms with E-state index in [9.17, 15) is 4.79 Å². The molecule has 1 aromatic heterocycles. The number of thiophene rings is 1. The van der Waals surface area contributed by atoms with Crippen LogP contribution in [0.1, 0.15) is 34.8 Å². The van der Waals surface area contributed by atoms with Gasteiger partial charge in [0.1, 0.15) is 5.78 Å². The summed E-state index contributed by atoms with van der Waals surface area (Å²) in [7, 11) is 0. The Morgan fingerprint density at radius 1 is 1.08 bits per heavy atom. The highest BCUT2D eigenvalue weighted by Crippen LogP contribution is 2.50. The fraction of sp³-hybridized carbons (Fsp3) is 0.227. The molecule has 0 amide bonds. The zero-order valence-electron chi connectivity index (χ0n) is 14.1. The molecule has 2 aliphatic rings. The molecule has 1 aliphatic heterocycles. The molecule has 0 saturated carbocycles. The molecule has 0 radical (unpaired) electrons. The van der Waals surface area contributed by atoms with Crippen molar-refractivity contribution < 1.29 is 4.79 Å². The van der Waals surface area contributed by atoms with Gasteiger partial charge in [0, 0.05) is 28.6 Å². The van der Waals surface area contributed by atoms with Crippen molar-refractivity contribution in [1.82, 2.24) is 0 Å². The molecule has 5 rings (SSSR count). The second kappa shape index (κ2) is 5.57. The van der Waals surface area contributed by atoms with Gasteiger partial charge in [-0.1, -0.05) is 36.4 Å². The van der Waals surface area contributed by atoms with Crippen LogP contribution in [-0.2, 0) is 4.79 Å². The molecule has 0 bridgehead atoms. The molecule has 2 nitrogen and oxygen atoms in total. The number of carbonyl (C=O) groups is 1. The van der Waals surface area contributed by atoms with Gasteiger partial charge in [0.15, 0.2) is 0 Å². The number of nitrogens with one attached hydrogen (secondary N) is 1. The Labute approximate surface area is 151 Å². The largest absolute Gasteiger partial charge is 0.358 e. The van der Waals surface area contributed by atoms with Crippen LogP contribution < -0.4 is 5.32 Å². The zero-order valence-corrected chi connectivity index (χ0v) is 14.9. The number of hydrogen-bond acceptors (Lipinski definition) is 3. The van der Waals surface area contributed by atoms with Gasteiger partial charge in [-0.3, -0.25) is 4.79 Å². The lowest BCUT2D eigenvalue weighted by Crippen LogP contribution is -2.34. The van der Waals surface area contributed by atoms with Crippen LogP contribution in [0.15, 0.2) is 59.6 Å². The number of fused-ring (bicyclic) bond motifs is 4. The number of carbonyl (C=O) groups excluding carboxylic acids is 1. The molecular formula is C22H19NOS. The lowest BCUT2D eigenvalue weighted by Gasteiger charge is -2.38. The van der Waals surface area contributed by atoms with Crippen LogP contribution in [-0.4, -0.2) is 5.78 Å². The van der Waals surface area contributed by atoms with E-state index in [0.717, 1.165) is 17.8 Å². The third kappa shape index (κ3) is 2.19. The minimum atomic E-state index is -0.0793. The fourth-order valence-electron chi connectivity index (χ4n) is 4.37. The molecule has 124 valence electrons. The van der Waals surface area contributed by atoms with Gasteiger partial charge in [-0.05, 0) is 52.8 Å². The molecule has 1 N–H and O–H groups in total. The molecule has 0 fully saturated rings. The van der Waals surface area contributed by atoms with Crippen molar-refractivity contribution in [2.75, 3.05) is 5.32 Å². The molecule has 3 aromatic rings. The van der Waals surface area contributed by atoms with E-state index in [0.29, 0.717) is 12.2 Å². The van der Waals surface area contributed by atoms with E-state index in [-0.39, 0.29) is 11.8 Å². The summed E-state index contributed by atoms with van der Waals surface area (Å²) in [5.41, 5.74) is 4.81. The van der Waals surface area contributed by atoms with E-state index in [1.165, 1.54) is 26.8 Å². The zero-order chi connectivity index (χ0) is 17.0. The second-order valence-corrected chi connectivity index (χ2v) is 7.91. The first-order valence-electron chi connectivity index (χ1n) is 8.79. The Bertz CT molecular complexity index is 1030. The first kappa shape index (κ1) is 14.9. The quantitative estimate of drug-likeness (QED) is 0.619. The third-order valence-corrected chi connectivity index (χ3v) is 6.62. The first-order chi connectivity index (χ1) is 12.2. The molecular weight excluding hydrogens is 326 g/mol. The smallest absolute Gasteiger partial charge is 0.143 e. The van der Waals surface area contributed by atoms with Crippen molar-refractivity contribution in [2.45, 2.75) is 25.7 Å². The predicted octanol–water partition coefficient (Wildman–Crippen LogP) is 5.63. The molecule has 25 heavy (non-hydrogen) atoms. The average Bonchev–Trinajstić information content (AvgIpc) is 3.05. The van der Waals surface area contributed by atoms with Crippen LogP contribution in [0.4, 0.5) is 5.69 Å². The number of hydrogen-bond donors (Lipinski definition) is 1. The van der Waals surface area contributed by atoms with Crippen molar-refractivity contribution in [3.05, 3.63) is 75.6 Å². The number of benzene rings is 2. The summed E-state index contributed by atoms with van der Waals surface area (Å²) in [6.45, 7) is 2.16. The van der Waals surface area contributed by atoms with Crippen LogP contribution in [0.3, 0.4) is 0 Å². The van der Waals surface area contributed by atoms with Crippen molar-refractivity contribution >= 4 is 33.6 Å². The second-order valence-electron chi connectivity index (χ2n) is 6.96. The predicted molar refractivity (Wildman–Crippen MR) is 104 cm³/mol. The van der Waals surface area contributed by atoms with E-state index in [4.69, 9.17) is 0 Å². The number of aryl methyl sites for hydroxylation is 1. The van der Waals surface area contributed by atoms with Gasteiger partial charge in [0.05, 0.1) is 5.92 Å². The standard InChI is InChI=1S/C22H19NOS/c1-13-11-12-25-22(13)21-19-15-6-3-2-5-14(15)9-10-17(19)23-16-7-4-8-18(24)20(16)21/h2-3,5-7,9-12,20-21,23H,4,8H2,1H3/t20-,21+/m0/s1. The highest BCUT2D eigenvalue weighted by atomic mass is 32.1. The first-order valence-corrected chi connectivity index (χ1v) is 9.67. The van der Waals surface area contributed by atoms with Gasteiger partial charge < -0.3 is 5.32 Å². The van der Waals surface area contributed by atoms with E-state index >= 15 is 0 Å². The van der Waals surface area contributed by atoms with Crippen LogP contribution in [0.25, 0.3) is 10.8 Å². The number of allylic oxidation sites excluding steroid dienone is 2. The molecule has 2 heterocycles. The van der Waals surface area contributed by atoms with Crippen molar-refractivity contribution in [3.8, 4) is 0 Å². The summed E-state index contributed by atoms with van der Waals surface area (Å²) in [4.78, 5) is 14.2. The van der Waals surface area contributed by atoms with E-state index in [2.05, 4.69) is 66.2 Å². The molecule has 0 saturated heterocycles. The summed E-state index contributed by atoms with van der Waals surface area (Å²) in [5.74, 6) is 0.396.